The minimum absolute atomic E-state index is 0.341. The first-order valence-corrected chi connectivity index (χ1v) is 6.26. The molecule has 1 aromatic carbocycles. The zero-order valence-electron chi connectivity index (χ0n) is 11.1. The normalized spacial score (nSPS) is 12.9. The van der Waals surface area contributed by atoms with Crippen molar-refractivity contribution < 1.29 is 5.11 Å². The molecule has 0 saturated carbocycles. The molecule has 0 spiro atoms. The third kappa shape index (κ3) is 5.20. The molecule has 96 valence electrons. The lowest BCUT2D eigenvalue weighted by Gasteiger charge is -2.24. The molecule has 1 unspecified atom stereocenters. The summed E-state index contributed by atoms with van der Waals surface area (Å²) in [6.45, 7) is 4.36. The minimum atomic E-state index is 0.341. The van der Waals surface area contributed by atoms with Gasteiger partial charge < -0.3 is 15.3 Å². The molecule has 0 fully saturated rings. The number of benzene rings is 1. The predicted molar refractivity (Wildman–Crippen MR) is 72.4 cm³/mol. The number of rotatable bonds is 7. The molecule has 0 radical (unpaired) electrons. The molecule has 0 aromatic heterocycles. The van der Waals surface area contributed by atoms with E-state index in [0.717, 1.165) is 25.9 Å². The molecule has 0 aliphatic heterocycles. The molecule has 0 aliphatic rings. The van der Waals surface area contributed by atoms with Gasteiger partial charge in [0.1, 0.15) is 5.75 Å². The maximum absolute atomic E-state index is 9.20. The second-order valence-corrected chi connectivity index (χ2v) is 4.64. The molecule has 3 heteroatoms. The summed E-state index contributed by atoms with van der Waals surface area (Å²) in [7, 11) is 4.15. The molecule has 0 heterocycles. The number of phenols is 1. The van der Waals surface area contributed by atoms with Gasteiger partial charge in [-0.2, -0.15) is 0 Å². The minimum Gasteiger partial charge on any atom is -0.508 e. The van der Waals surface area contributed by atoms with Crippen LogP contribution < -0.4 is 5.32 Å². The Morgan fingerprint density at radius 2 is 1.94 bits per heavy atom. The Morgan fingerprint density at radius 1 is 1.29 bits per heavy atom. The van der Waals surface area contributed by atoms with E-state index in [1.165, 1.54) is 5.56 Å². The lowest BCUT2D eigenvalue weighted by molar-refractivity contribution is 0.248. The summed E-state index contributed by atoms with van der Waals surface area (Å²) in [4.78, 5) is 2.37. The van der Waals surface area contributed by atoms with E-state index in [1.807, 2.05) is 19.2 Å². The largest absolute Gasteiger partial charge is 0.508 e. The van der Waals surface area contributed by atoms with Crippen molar-refractivity contribution in [1.82, 2.24) is 10.2 Å². The van der Waals surface area contributed by atoms with Crippen molar-refractivity contribution in [2.24, 2.45) is 0 Å². The molecule has 0 bridgehead atoms. The van der Waals surface area contributed by atoms with Crippen molar-refractivity contribution in [3.8, 4) is 5.75 Å². The van der Waals surface area contributed by atoms with Crippen LogP contribution in [0.15, 0.2) is 24.3 Å². The molecule has 1 atom stereocenters. The lowest BCUT2D eigenvalue weighted by Crippen LogP contribution is -2.34. The SMILES string of the molecule is CNCCN(C)C(C)CCc1ccc(O)cc1. The Bertz CT molecular complexity index is 311. The molecule has 17 heavy (non-hydrogen) atoms. The van der Waals surface area contributed by atoms with E-state index in [9.17, 15) is 5.11 Å². The quantitative estimate of drug-likeness (QED) is 0.758. The van der Waals surface area contributed by atoms with Crippen molar-refractivity contribution in [2.45, 2.75) is 25.8 Å². The van der Waals surface area contributed by atoms with E-state index in [2.05, 4.69) is 24.2 Å². The third-order valence-electron chi connectivity index (χ3n) is 3.25. The van der Waals surface area contributed by atoms with E-state index in [0.29, 0.717) is 11.8 Å². The summed E-state index contributed by atoms with van der Waals surface area (Å²) in [5.41, 5.74) is 1.29. The summed E-state index contributed by atoms with van der Waals surface area (Å²) in [6, 6.07) is 8.08. The fourth-order valence-electron chi connectivity index (χ4n) is 1.77. The number of nitrogens with zero attached hydrogens (tertiary/aromatic N) is 1. The zero-order chi connectivity index (χ0) is 12.7. The fourth-order valence-corrected chi connectivity index (χ4v) is 1.77. The van der Waals surface area contributed by atoms with Gasteiger partial charge in [0.05, 0.1) is 0 Å². The Kier molecular flexibility index (Phi) is 6.01. The van der Waals surface area contributed by atoms with Gasteiger partial charge in [-0.05, 0) is 51.6 Å². The summed E-state index contributed by atoms with van der Waals surface area (Å²) >= 11 is 0. The number of likely N-dealkylation sites (N-methyl/N-ethyl adjacent to an activating group) is 2. The van der Waals surface area contributed by atoms with Gasteiger partial charge in [-0.15, -0.1) is 0 Å². The van der Waals surface area contributed by atoms with Crippen molar-refractivity contribution in [1.29, 1.82) is 0 Å². The van der Waals surface area contributed by atoms with Crippen LogP contribution in [-0.4, -0.2) is 43.2 Å². The number of hydrogen-bond donors (Lipinski definition) is 2. The van der Waals surface area contributed by atoms with Gasteiger partial charge in [-0.3, -0.25) is 0 Å². The van der Waals surface area contributed by atoms with Crippen molar-refractivity contribution in [3.05, 3.63) is 29.8 Å². The Morgan fingerprint density at radius 3 is 2.53 bits per heavy atom. The average Bonchev–Trinajstić information content (AvgIpc) is 2.34. The van der Waals surface area contributed by atoms with Crippen LogP contribution in [0.1, 0.15) is 18.9 Å². The number of aryl methyl sites for hydroxylation is 1. The van der Waals surface area contributed by atoms with Crippen LogP contribution in [0.4, 0.5) is 0 Å². The zero-order valence-corrected chi connectivity index (χ0v) is 11.1. The smallest absolute Gasteiger partial charge is 0.115 e. The number of aromatic hydroxyl groups is 1. The second-order valence-electron chi connectivity index (χ2n) is 4.64. The lowest BCUT2D eigenvalue weighted by atomic mass is 10.1. The van der Waals surface area contributed by atoms with Crippen LogP contribution in [-0.2, 0) is 6.42 Å². The highest BCUT2D eigenvalue weighted by molar-refractivity contribution is 5.25. The maximum atomic E-state index is 9.20. The first kappa shape index (κ1) is 14.0. The highest BCUT2D eigenvalue weighted by atomic mass is 16.3. The van der Waals surface area contributed by atoms with Gasteiger partial charge >= 0.3 is 0 Å². The molecule has 0 saturated heterocycles. The van der Waals surface area contributed by atoms with Gasteiger partial charge in [0.15, 0.2) is 0 Å². The van der Waals surface area contributed by atoms with E-state index in [1.54, 1.807) is 12.1 Å². The topological polar surface area (TPSA) is 35.5 Å². The van der Waals surface area contributed by atoms with Crippen LogP contribution >= 0.6 is 0 Å². The average molecular weight is 236 g/mol. The monoisotopic (exact) mass is 236 g/mol. The molecule has 1 rings (SSSR count). The van der Waals surface area contributed by atoms with Crippen molar-refractivity contribution >= 4 is 0 Å². The van der Waals surface area contributed by atoms with Crippen LogP contribution in [0.5, 0.6) is 5.75 Å². The predicted octanol–water partition coefficient (Wildman–Crippen LogP) is 1.86. The highest BCUT2D eigenvalue weighted by Gasteiger charge is 2.08. The highest BCUT2D eigenvalue weighted by Crippen LogP contribution is 2.13. The first-order chi connectivity index (χ1) is 8.13. The molecule has 1 aromatic rings. The maximum Gasteiger partial charge on any atom is 0.115 e. The van der Waals surface area contributed by atoms with E-state index in [-0.39, 0.29) is 0 Å². The van der Waals surface area contributed by atoms with E-state index < -0.39 is 0 Å². The van der Waals surface area contributed by atoms with Crippen LogP contribution in [0, 0.1) is 0 Å². The Labute approximate surface area is 104 Å². The summed E-state index contributed by atoms with van der Waals surface area (Å²) in [5, 5.41) is 12.4. The van der Waals surface area contributed by atoms with Crippen molar-refractivity contribution in [2.75, 3.05) is 27.2 Å². The van der Waals surface area contributed by atoms with Gasteiger partial charge in [0.25, 0.3) is 0 Å². The Hall–Kier alpha value is -1.06. The molecule has 3 nitrogen and oxygen atoms in total. The summed E-state index contributed by atoms with van der Waals surface area (Å²) in [6.07, 6.45) is 2.20. The van der Waals surface area contributed by atoms with E-state index in [4.69, 9.17) is 0 Å². The molecular weight excluding hydrogens is 212 g/mol. The van der Waals surface area contributed by atoms with Crippen LogP contribution in [0.3, 0.4) is 0 Å². The van der Waals surface area contributed by atoms with E-state index >= 15 is 0 Å². The van der Waals surface area contributed by atoms with Gasteiger partial charge in [-0.1, -0.05) is 12.1 Å². The van der Waals surface area contributed by atoms with Gasteiger partial charge in [-0.25, -0.2) is 0 Å². The summed E-state index contributed by atoms with van der Waals surface area (Å²) in [5.74, 6) is 0.341. The number of nitrogens with one attached hydrogen (secondary N) is 1. The van der Waals surface area contributed by atoms with Crippen LogP contribution in [0.2, 0.25) is 0 Å². The molecular formula is C14H24N2O. The second kappa shape index (κ2) is 7.30. The molecule has 0 aliphatic carbocycles. The fraction of sp³-hybridized carbons (Fsp3) is 0.571. The molecule has 0 amide bonds. The summed E-state index contributed by atoms with van der Waals surface area (Å²) < 4.78 is 0. The van der Waals surface area contributed by atoms with Crippen LogP contribution in [0.25, 0.3) is 0 Å². The number of phenolic OH excluding ortho intramolecular Hbond substituents is 1. The first-order valence-electron chi connectivity index (χ1n) is 6.26. The Balaban J connectivity index is 2.32. The van der Waals surface area contributed by atoms with Gasteiger partial charge in [0.2, 0.25) is 0 Å². The molecule has 2 N–H and O–H groups in total. The van der Waals surface area contributed by atoms with Gasteiger partial charge in [0, 0.05) is 19.1 Å². The number of hydrogen-bond acceptors (Lipinski definition) is 3. The third-order valence-corrected chi connectivity index (χ3v) is 3.25. The standard InChI is InChI=1S/C14H24N2O/c1-12(16(3)11-10-15-2)4-5-13-6-8-14(17)9-7-13/h6-9,12,15,17H,4-5,10-11H2,1-3H3. The van der Waals surface area contributed by atoms with Crippen molar-refractivity contribution in [3.63, 3.8) is 0 Å².